The molecule has 1 aromatic carbocycles. The summed E-state index contributed by atoms with van der Waals surface area (Å²) in [6.07, 6.45) is 5.91. The molecule has 0 bridgehead atoms. The Morgan fingerprint density at radius 3 is 2.41 bits per heavy atom. The predicted octanol–water partition coefficient (Wildman–Crippen LogP) is 4.28. The molecule has 0 N–H and O–H groups in total. The molecule has 17 heavy (non-hydrogen) atoms. The van der Waals surface area contributed by atoms with Gasteiger partial charge >= 0.3 is 0 Å². The lowest BCUT2D eigenvalue weighted by atomic mass is 9.76. The fourth-order valence-electron chi connectivity index (χ4n) is 2.07. The Hall–Kier alpha value is -1.37. The zero-order valence-electron chi connectivity index (χ0n) is 11.1. The lowest BCUT2D eigenvalue weighted by Crippen LogP contribution is -2.22. The van der Waals surface area contributed by atoms with Crippen LogP contribution in [0.4, 0.5) is 0 Å². The second kappa shape index (κ2) is 6.39. The maximum absolute atomic E-state index is 10.9. The number of carbonyl (C=O) groups excluding carboxylic acids is 1. The van der Waals surface area contributed by atoms with Gasteiger partial charge < -0.3 is 4.79 Å². The van der Waals surface area contributed by atoms with Crippen LogP contribution in [0.1, 0.15) is 45.6 Å². The quantitative estimate of drug-likeness (QED) is 0.526. The summed E-state index contributed by atoms with van der Waals surface area (Å²) in [5.41, 5.74) is 2.57. The van der Waals surface area contributed by atoms with Gasteiger partial charge in [0.2, 0.25) is 0 Å². The van der Waals surface area contributed by atoms with E-state index < -0.39 is 0 Å². The molecular formula is C16H22O. The minimum Gasteiger partial charge on any atom is -0.303 e. The Balaban J connectivity index is 2.82. The second-order valence-electron chi connectivity index (χ2n) is 5.12. The third-order valence-corrected chi connectivity index (χ3v) is 3.25. The van der Waals surface area contributed by atoms with Gasteiger partial charge in [0.1, 0.15) is 6.29 Å². The molecule has 0 saturated carbocycles. The average Bonchev–Trinajstić information content (AvgIpc) is 2.30. The number of benzene rings is 1. The second-order valence-corrected chi connectivity index (χ2v) is 5.12. The molecule has 1 heteroatoms. The molecule has 1 rings (SSSR count). The molecule has 92 valence electrons. The van der Waals surface area contributed by atoms with Crippen molar-refractivity contribution in [2.75, 3.05) is 0 Å². The van der Waals surface area contributed by atoms with Gasteiger partial charge in [-0.2, -0.15) is 0 Å². The summed E-state index contributed by atoms with van der Waals surface area (Å²) in [4.78, 5) is 10.9. The summed E-state index contributed by atoms with van der Waals surface area (Å²) in [5.74, 6) is 0. The van der Waals surface area contributed by atoms with Gasteiger partial charge in [-0.05, 0) is 37.7 Å². The summed E-state index contributed by atoms with van der Waals surface area (Å²) < 4.78 is 0. The van der Waals surface area contributed by atoms with E-state index >= 15 is 0 Å². The van der Waals surface area contributed by atoms with E-state index in [1.807, 2.05) is 18.2 Å². The van der Waals surface area contributed by atoms with Gasteiger partial charge in [-0.1, -0.05) is 48.9 Å². The first-order chi connectivity index (χ1) is 8.08. The van der Waals surface area contributed by atoms with Crippen molar-refractivity contribution >= 4 is 6.29 Å². The maximum Gasteiger partial charge on any atom is 0.120 e. The predicted molar refractivity (Wildman–Crippen MR) is 73.1 cm³/mol. The van der Waals surface area contributed by atoms with Crippen molar-refractivity contribution in [1.29, 1.82) is 0 Å². The van der Waals surface area contributed by atoms with Crippen molar-refractivity contribution in [2.24, 2.45) is 0 Å². The van der Waals surface area contributed by atoms with Crippen LogP contribution in [0.2, 0.25) is 0 Å². The summed E-state index contributed by atoms with van der Waals surface area (Å²) >= 11 is 0. The first-order valence-corrected chi connectivity index (χ1v) is 6.21. The fourth-order valence-corrected chi connectivity index (χ4v) is 2.07. The largest absolute Gasteiger partial charge is 0.303 e. The van der Waals surface area contributed by atoms with E-state index in [0.29, 0.717) is 6.42 Å². The Kier molecular flexibility index (Phi) is 5.14. The van der Waals surface area contributed by atoms with Crippen LogP contribution in [0.15, 0.2) is 42.0 Å². The van der Waals surface area contributed by atoms with Gasteiger partial charge in [-0.15, -0.1) is 0 Å². The molecule has 0 aliphatic heterocycles. The zero-order valence-corrected chi connectivity index (χ0v) is 11.1. The highest BCUT2D eigenvalue weighted by molar-refractivity contribution is 5.53. The van der Waals surface area contributed by atoms with E-state index in [0.717, 1.165) is 19.1 Å². The van der Waals surface area contributed by atoms with Gasteiger partial charge in [0.25, 0.3) is 0 Å². The van der Waals surface area contributed by atoms with E-state index in [1.165, 1.54) is 11.1 Å². The first-order valence-electron chi connectivity index (χ1n) is 6.21. The van der Waals surface area contributed by atoms with Crippen LogP contribution in [0.5, 0.6) is 0 Å². The number of allylic oxidation sites excluding steroid dienone is 2. The van der Waals surface area contributed by atoms with Crippen LogP contribution in [-0.2, 0) is 10.2 Å². The van der Waals surface area contributed by atoms with Crippen LogP contribution in [-0.4, -0.2) is 6.29 Å². The Morgan fingerprint density at radius 1 is 1.24 bits per heavy atom. The molecule has 0 amide bonds. The van der Waals surface area contributed by atoms with Crippen molar-refractivity contribution in [3.05, 3.63) is 47.5 Å². The van der Waals surface area contributed by atoms with Crippen molar-refractivity contribution in [3.8, 4) is 0 Å². The lowest BCUT2D eigenvalue weighted by molar-refractivity contribution is -0.108. The molecule has 0 heterocycles. The summed E-state index contributed by atoms with van der Waals surface area (Å²) in [6.45, 7) is 6.40. The maximum atomic E-state index is 10.9. The molecule has 0 aliphatic rings. The van der Waals surface area contributed by atoms with Crippen molar-refractivity contribution in [3.63, 3.8) is 0 Å². The molecule has 0 radical (unpaired) electrons. The molecule has 0 fully saturated rings. The molecule has 1 aromatic rings. The Labute approximate surface area is 105 Å². The highest BCUT2D eigenvalue weighted by Crippen LogP contribution is 2.32. The van der Waals surface area contributed by atoms with Gasteiger partial charge in [-0.25, -0.2) is 0 Å². The molecular weight excluding hydrogens is 208 g/mol. The third-order valence-electron chi connectivity index (χ3n) is 3.25. The lowest BCUT2D eigenvalue weighted by Gasteiger charge is -2.27. The summed E-state index contributed by atoms with van der Waals surface area (Å²) in [7, 11) is 0. The smallest absolute Gasteiger partial charge is 0.120 e. The monoisotopic (exact) mass is 230 g/mol. The molecule has 1 nitrogen and oxygen atoms in total. The SMILES string of the molecule is CC(C)=CCCC(C)(CC=O)c1ccccc1. The van der Waals surface area contributed by atoms with Crippen LogP contribution in [0.3, 0.4) is 0 Å². The minimum atomic E-state index is -0.0328. The van der Waals surface area contributed by atoms with Gasteiger partial charge in [0.05, 0.1) is 0 Å². The Morgan fingerprint density at radius 2 is 1.88 bits per heavy atom. The standard InChI is InChI=1S/C16H22O/c1-14(2)8-7-11-16(3,12-13-17)15-9-5-4-6-10-15/h4-6,8-10,13H,7,11-12H2,1-3H3. The molecule has 1 unspecified atom stereocenters. The van der Waals surface area contributed by atoms with Crippen molar-refractivity contribution < 1.29 is 4.79 Å². The van der Waals surface area contributed by atoms with Crippen LogP contribution in [0.25, 0.3) is 0 Å². The molecule has 0 saturated heterocycles. The molecule has 0 spiro atoms. The van der Waals surface area contributed by atoms with E-state index in [9.17, 15) is 4.79 Å². The van der Waals surface area contributed by atoms with E-state index in [1.54, 1.807) is 0 Å². The van der Waals surface area contributed by atoms with Gasteiger partial charge in [-0.3, -0.25) is 0 Å². The number of carbonyl (C=O) groups is 1. The van der Waals surface area contributed by atoms with Crippen LogP contribution in [0, 0.1) is 0 Å². The fraction of sp³-hybridized carbons (Fsp3) is 0.438. The summed E-state index contributed by atoms with van der Waals surface area (Å²) in [6, 6.07) is 10.3. The van der Waals surface area contributed by atoms with E-state index in [4.69, 9.17) is 0 Å². The normalized spacial score (nSPS) is 13.8. The van der Waals surface area contributed by atoms with Crippen LogP contribution < -0.4 is 0 Å². The zero-order chi connectivity index (χ0) is 12.7. The van der Waals surface area contributed by atoms with Crippen molar-refractivity contribution in [2.45, 2.75) is 45.4 Å². The first kappa shape index (κ1) is 13.7. The van der Waals surface area contributed by atoms with E-state index in [-0.39, 0.29) is 5.41 Å². The topological polar surface area (TPSA) is 17.1 Å². The number of hydrogen-bond donors (Lipinski definition) is 0. The summed E-state index contributed by atoms with van der Waals surface area (Å²) in [5, 5.41) is 0. The molecule has 0 aromatic heterocycles. The highest BCUT2D eigenvalue weighted by Gasteiger charge is 2.24. The number of rotatable bonds is 6. The van der Waals surface area contributed by atoms with E-state index in [2.05, 4.69) is 39.0 Å². The van der Waals surface area contributed by atoms with Gasteiger partial charge in [0.15, 0.2) is 0 Å². The minimum absolute atomic E-state index is 0.0328. The average molecular weight is 230 g/mol. The number of hydrogen-bond acceptors (Lipinski definition) is 1. The molecule has 1 atom stereocenters. The van der Waals surface area contributed by atoms with Crippen LogP contribution >= 0.6 is 0 Å². The van der Waals surface area contributed by atoms with Gasteiger partial charge in [0, 0.05) is 6.42 Å². The highest BCUT2D eigenvalue weighted by atomic mass is 16.1. The van der Waals surface area contributed by atoms with Crippen molar-refractivity contribution in [1.82, 2.24) is 0 Å². The molecule has 0 aliphatic carbocycles. The number of aldehydes is 1. The third kappa shape index (κ3) is 4.18. The Bertz CT molecular complexity index is 374.